The minimum absolute atomic E-state index is 0.0679. The normalized spacial score (nSPS) is 19.2. The molecule has 1 aromatic rings. The molecule has 5 heteroatoms. The van der Waals surface area contributed by atoms with Crippen molar-refractivity contribution >= 4 is 11.7 Å². The van der Waals surface area contributed by atoms with Gasteiger partial charge in [0.2, 0.25) is 0 Å². The number of ether oxygens (including phenoxy) is 2. The van der Waals surface area contributed by atoms with Crippen LogP contribution in [-0.2, 0) is 20.7 Å². The summed E-state index contributed by atoms with van der Waals surface area (Å²) in [4.78, 5) is 15.5. The quantitative estimate of drug-likeness (QED) is 0.787. The lowest BCUT2D eigenvalue weighted by molar-refractivity contribution is -0.146. The number of esters is 1. The van der Waals surface area contributed by atoms with Crippen LogP contribution in [-0.4, -0.2) is 30.3 Å². The smallest absolute Gasteiger partial charge is 0.311 e. The van der Waals surface area contributed by atoms with Gasteiger partial charge in [-0.2, -0.15) is 0 Å². The SMILES string of the molecule is Nc1ccc(CC(=O)OCC2CCCO2)nc1. The van der Waals surface area contributed by atoms with E-state index in [2.05, 4.69) is 4.98 Å². The van der Waals surface area contributed by atoms with Crippen LogP contribution in [0.2, 0.25) is 0 Å². The molecule has 92 valence electrons. The van der Waals surface area contributed by atoms with Crippen LogP contribution in [0.25, 0.3) is 0 Å². The Morgan fingerprint density at radius 3 is 3.12 bits per heavy atom. The van der Waals surface area contributed by atoms with Gasteiger partial charge in [0.25, 0.3) is 0 Å². The molecule has 2 N–H and O–H groups in total. The highest BCUT2D eigenvalue weighted by molar-refractivity contribution is 5.72. The second-order valence-electron chi connectivity index (χ2n) is 4.08. The number of nitrogen functional groups attached to an aromatic ring is 1. The predicted octanol–water partition coefficient (Wildman–Crippen LogP) is 0.928. The molecule has 1 unspecified atom stereocenters. The average Bonchev–Trinajstić information content (AvgIpc) is 2.83. The van der Waals surface area contributed by atoms with Crippen molar-refractivity contribution in [2.24, 2.45) is 0 Å². The van der Waals surface area contributed by atoms with E-state index in [0.717, 1.165) is 19.4 Å². The van der Waals surface area contributed by atoms with Crippen LogP contribution in [0.3, 0.4) is 0 Å². The summed E-state index contributed by atoms with van der Waals surface area (Å²) in [5.41, 5.74) is 6.75. The summed E-state index contributed by atoms with van der Waals surface area (Å²) in [7, 11) is 0. The van der Waals surface area contributed by atoms with Gasteiger partial charge in [0, 0.05) is 6.61 Å². The number of nitrogens with zero attached hydrogens (tertiary/aromatic N) is 1. The summed E-state index contributed by atoms with van der Waals surface area (Å²) in [5.74, 6) is -0.280. The lowest BCUT2D eigenvalue weighted by Gasteiger charge is -2.09. The fraction of sp³-hybridized carbons (Fsp3) is 0.500. The first-order chi connectivity index (χ1) is 8.24. The molecule has 1 aromatic heterocycles. The molecular weight excluding hydrogens is 220 g/mol. The summed E-state index contributed by atoms with van der Waals surface area (Å²) < 4.78 is 10.5. The minimum Gasteiger partial charge on any atom is -0.463 e. The number of aromatic nitrogens is 1. The van der Waals surface area contributed by atoms with Gasteiger partial charge in [0.15, 0.2) is 0 Å². The molecule has 0 radical (unpaired) electrons. The first kappa shape index (κ1) is 11.9. The maximum absolute atomic E-state index is 11.5. The molecule has 0 saturated carbocycles. The maximum Gasteiger partial charge on any atom is 0.311 e. The second-order valence-corrected chi connectivity index (χ2v) is 4.08. The maximum atomic E-state index is 11.5. The summed E-state index contributed by atoms with van der Waals surface area (Å²) in [6.45, 7) is 1.11. The number of hydrogen-bond donors (Lipinski definition) is 1. The third-order valence-electron chi connectivity index (χ3n) is 2.63. The van der Waals surface area contributed by atoms with Crippen molar-refractivity contribution in [3.05, 3.63) is 24.0 Å². The van der Waals surface area contributed by atoms with E-state index in [-0.39, 0.29) is 18.5 Å². The number of anilines is 1. The molecule has 1 fully saturated rings. The van der Waals surface area contributed by atoms with Gasteiger partial charge in [-0.3, -0.25) is 9.78 Å². The van der Waals surface area contributed by atoms with Crippen molar-refractivity contribution in [2.45, 2.75) is 25.4 Å². The molecule has 5 nitrogen and oxygen atoms in total. The molecule has 0 aliphatic carbocycles. The van der Waals surface area contributed by atoms with E-state index in [9.17, 15) is 4.79 Å². The van der Waals surface area contributed by atoms with Gasteiger partial charge in [-0.05, 0) is 25.0 Å². The Bertz CT molecular complexity index is 372. The summed E-state index contributed by atoms with van der Waals surface area (Å²) in [5, 5.41) is 0. The summed E-state index contributed by atoms with van der Waals surface area (Å²) in [6.07, 6.45) is 3.78. The fourth-order valence-electron chi connectivity index (χ4n) is 1.70. The van der Waals surface area contributed by atoms with Crippen LogP contribution in [0.1, 0.15) is 18.5 Å². The molecule has 1 atom stereocenters. The fourth-order valence-corrected chi connectivity index (χ4v) is 1.70. The highest BCUT2D eigenvalue weighted by atomic mass is 16.6. The molecule has 0 aromatic carbocycles. The van der Waals surface area contributed by atoms with E-state index in [4.69, 9.17) is 15.2 Å². The lowest BCUT2D eigenvalue weighted by atomic mass is 10.2. The molecular formula is C12H16N2O3. The van der Waals surface area contributed by atoms with Crippen molar-refractivity contribution in [1.82, 2.24) is 4.98 Å². The van der Waals surface area contributed by atoms with Crippen LogP contribution in [0.5, 0.6) is 0 Å². The molecule has 1 saturated heterocycles. The zero-order valence-corrected chi connectivity index (χ0v) is 9.59. The van der Waals surface area contributed by atoms with Gasteiger partial charge in [-0.25, -0.2) is 0 Å². The van der Waals surface area contributed by atoms with E-state index in [1.54, 1.807) is 12.1 Å². The minimum atomic E-state index is -0.280. The molecule has 1 aliphatic rings. The largest absolute Gasteiger partial charge is 0.463 e. The van der Waals surface area contributed by atoms with Gasteiger partial charge in [0.05, 0.1) is 30.1 Å². The van der Waals surface area contributed by atoms with Gasteiger partial charge in [-0.15, -0.1) is 0 Å². The Hall–Kier alpha value is -1.62. The van der Waals surface area contributed by atoms with E-state index in [0.29, 0.717) is 18.0 Å². The average molecular weight is 236 g/mol. The molecule has 2 rings (SSSR count). The molecule has 0 bridgehead atoms. The molecule has 1 aliphatic heterocycles. The van der Waals surface area contributed by atoms with Crippen LogP contribution in [0.4, 0.5) is 5.69 Å². The van der Waals surface area contributed by atoms with Crippen LogP contribution in [0.15, 0.2) is 18.3 Å². The van der Waals surface area contributed by atoms with Crippen LogP contribution >= 0.6 is 0 Å². The Labute approximate surface area is 99.9 Å². The number of carbonyl (C=O) groups excluding carboxylic acids is 1. The molecule has 0 spiro atoms. The van der Waals surface area contributed by atoms with E-state index in [1.807, 2.05) is 0 Å². The van der Waals surface area contributed by atoms with Gasteiger partial charge in [-0.1, -0.05) is 0 Å². The molecule has 2 heterocycles. The Morgan fingerprint density at radius 1 is 1.59 bits per heavy atom. The lowest BCUT2D eigenvalue weighted by Crippen LogP contribution is -2.19. The van der Waals surface area contributed by atoms with E-state index < -0.39 is 0 Å². The van der Waals surface area contributed by atoms with Crippen molar-refractivity contribution in [3.8, 4) is 0 Å². The first-order valence-corrected chi connectivity index (χ1v) is 5.71. The Balaban J connectivity index is 1.74. The number of hydrogen-bond acceptors (Lipinski definition) is 5. The molecule has 17 heavy (non-hydrogen) atoms. The van der Waals surface area contributed by atoms with Crippen LogP contribution < -0.4 is 5.73 Å². The standard InChI is InChI=1S/C12H16N2O3/c13-9-3-4-10(14-7-9)6-12(15)17-8-11-2-1-5-16-11/h3-4,7,11H,1-2,5-6,8,13H2. The van der Waals surface area contributed by atoms with Crippen molar-refractivity contribution in [2.75, 3.05) is 18.9 Å². The van der Waals surface area contributed by atoms with Gasteiger partial charge < -0.3 is 15.2 Å². The Kier molecular flexibility index (Phi) is 3.93. The third-order valence-corrected chi connectivity index (χ3v) is 2.63. The highest BCUT2D eigenvalue weighted by Crippen LogP contribution is 2.12. The van der Waals surface area contributed by atoms with Crippen molar-refractivity contribution in [3.63, 3.8) is 0 Å². The molecule has 0 amide bonds. The first-order valence-electron chi connectivity index (χ1n) is 5.71. The second kappa shape index (κ2) is 5.63. The van der Waals surface area contributed by atoms with Crippen molar-refractivity contribution in [1.29, 1.82) is 0 Å². The van der Waals surface area contributed by atoms with Gasteiger partial charge >= 0.3 is 5.97 Å². The van der Waals surface area contributed by atoms with E-state index in [1.165, 1.54) is 6.20 Å². The monoisotopic (exact) mass is 236 g/mol. The van der Waals surface area contributed by atoms with E-state index >= 15 is 0 Å². The summed E-state index contributed by atoms with van der Waals surface area (Å²) in [6, 6.07) is 3.44. The summed E-state index contributed by atoms with van der Waals surface area (Å²) >= 11 is 0. The number of nitrogens with two attached hydrogens (primary N) is 1. The topological polar surface area (TPSA) is 74.4 Å². The van der Waals surface area contributed by atoms with Crippen LogP contribution in [0, 0.1) is 0 Å². The predicted molar refractivity (Wildman–Crippen MR) is 62.3 cm³/mol. The number of rotatable bonds is 4. The zero-order chi connectivity index (χ0) is 12.1. The Morgan fingerprint density at radius 2 is 2.47 bits per heavy atom. The third kappa shape index (κ3) is 3.71. The zero-order valence-electron chi connectivity index (χ0n) is 9.59. The number of pyridine rings is 1. The van der Waals surface area contributed by atoms with Gasteiger partial charge in [0.1, 0.15) is 6.61 Å². The number of carbonyl (C=O) groups is 1. The highest BCUT2D eigenvalue weighted by Gasteiger charge is 2.17. The van der Waals surface area contributed by atoms with Crippen molar-refractivity contribution < 1.29 is 14.3 Å².